The van der Waals surface area contributed by atoms with Crippen molar-refractivity contribution in [3.8, 4) is 11.5 Å². The number of ether oxygens (including phenoxy) is 3. The maximum Gasteiger partial charge on any atom is 0.387 e. The molecule has 0 unspecified atom stereocenters. The fraction of sp³-hybridized carbons (Fsp3) is 0.588. The van der Waals surface area contributed by atoms with Crippen molar-refractivity contribution in [2.45, 2.75) is 44.3 Å². The van der Waals surface area contributed by atoms with E-state index in [0.717, 1.165) is 32.1 Å². The van der Waals surface area contributed by atoms with Gasteiger partial charge in [0.2, 0.25) is 0 Å². The van der Waals surface area contributed by atoms with Crippen LogP contribution >= 0.6 is 0 Å². The number of halogens is 2. The summed E-state index contributed by atoms with van der Waals surface area (Å²) in [6.45, 7) is -2.69. The molecule has 0 aliphatic heterocycles. The van der Waals surface area contributed by atoms with Gasteiger partial charge in [0, 0.05) is 19.7 Å². The van der Waals surface area contributed by atoms with Crippen LogP contribution in [0.4, 0.5) is 8.78 Å². The fourth-order valence-corrected chi connectivity index (χ4v) is 3.00. The molecule has 0 radical (unpaired) electrons. The second-order valence-corrected chi connectivity index (χ2v) is 5.87. The molecule has 1 N–H and O–H groups in total. The van der Waals surface area contributed by atoms with Crippen molar-refractivity contribution >= 4 is 5.91 Å². The van der Waals surface area contributed by atoms with Crippen LogP contribution in [0.3, 0.4) is 0 Å². The smallest absolute Gasteiger partial charge is 0.387 e. The second kappa shape index (κ2) is 8.28. The van der Waals surface area contributed by atoms with Gasteiger partial charge in [-0.3, -0.25) is 4.79 Å². The van der Waals surface area contributed by atoms with Crippen molar-refractivity contribution in [2.24, 2.45) is 0 Å². The van der Waals surface area contributed by atoms with Gasteiger partial charge in [-0.15, -0.1) is 0 Å². The summed E-state index contributed by atoms with van der Waals surface area (Å²) in [5, 5.41) is 2.78. The zero-order valence-corrected chi connectivity index (χ0v) is 13.9. The molecule has 0 aromatic heterocycles. The standard InChI is InChI=1S/C17H23F2NO4/c1-22-12-6-7-13(14(10-12)24-16(18)19)15(21)20-11-17(23-2)8-4-3-5-9-17/h6-7,10,16H,3-5,8-9,11H2,1-2H3,(H,20,21). The zero-order valence-electron chi connectivity index (χ0n) is 13.9. The quantitative estimate of drug-likeness (QED) is 0.825. The average molecular weight is 343 g/mol. The molecule has 2 rings (SSSR count). The summed E-state index contributed by atoms with van der Waals surface area (Å²) in [6.07, 6.45) is 4.99. The van der Waals surface area contributed by atoms with Crippen LogP contribution in [-0.4, -0.2) is 38.9 Å². The van der Waals surface area contributed by atoms with Gasteiger partial charge in [-0.05, 0) is 25.0 Å². The minimum absolute atomic E-state index is 0.0400. The molecule has 1 aliphatic rings. The van der Waals surface area contributed by atoms with E-state index in [1.54, 1.807) is 7.11 Å². The molecular weight excluding hydrogens is 320 g/mol. The predicted molar refractivity (Wildman–Crippen MR) is 84.8 cm³/mol. The number of hydrogen-bond acceptors (Lipinski definition) is 4. The van der Waals surface area contributed by atoms with E-state index >= 15 is 0 Å². The highest BCUT2D eigenvalue weighted by atomic mass is 19.3. The van der Waals surface area contributed by atoms with E-state index in [4.69, 9.17) is 9.47 Å². The Morgan fingerprint density at radius 2 is 1.96 bits per heavy atom. The normalized spacial score (nSPS) is 16.7. The van der Waals surface area contributed by atoms with E-state index in [9.17, 15) is 13.6 Å². The number of nitrogens with one attached hydrogen (secondary N) is 1. The van der Waals surface area contributed by atoms with Gasteiger partial charge in [0.25, 0.3) is 5.91 Å². The molecule has 1 aromatic rings. The molecular formula is C17H23F2NO4. The second-order valence-electron chi connectivity index (χ2n) is 5.87. The first-order chi connectivity index (χ1) is 11.5. The molecule has 1 saturated carbocycles. The lowest BCUT2D eigenvalue weighted by Gasteiger charge is -2.36. The highest BCUT2D eigenvalue weighted by molar-refractivity contribution is 5.97. The van der Waals surface area contributed by atoms with Gasteiger partial charge in [0.05, 0.1) is 18.3 Å². The molecule has 1 fully saturated rings. The monoisotopic (exact) mass is 343 g/mol. The lowest BCUT2D eigenvalue weighted by Crippen LogP contribution is -2.45. The van der Waals surface area contributed by atoms with Crippen molar-refractivity contribution in [1.82, 2.24) is 5.32 Å². The number of rotatable bonds is 7. The Labute approximate surface area is 140 Å². The third kappa shape index (κ3) is 4.56. The minimum atomic E-state index is -3.02. The van der Waals surface area contributed by atoms with Crippen molar-refractivity contribution in [2.75, 3.05) is 20.8 Å². The molecule has 134 valence electrons. The van der Waals surface area contributed by atoms with Gasteiger partial charge in [-0.2, -0.15) is 8.78 Å². The minimum Gasteiger partial charge on any atom is -0.497 e. The molecule has 0 bridgehead atoms. The third-order valence-electron chi connectivity index (χ3n) is 4.42. The number of carbonyl (C=O) groups is 1. The summed E-state index contributed by atoms with van der Waals surface area (Å²) in [4.78, 5) is 12.4. The lowest BCUT2D eigenvalue weighted by atomic mass is 9.84. The van der Waals surface area contributed by atoms with E-state index in [1.165, 1.54) is 25.3 Å². The molecule has 0 spiro atoms. The van der Waals surface area contributed by atoms with Crippen LogP contribution < -0.4 is 14.8 Å². The molecule has 24 heavy (non-hydrogen) atoms. The Morgan fingerprint density at radius 1 is 1.25 bits per heavy atom. The Balaban J connectivity index is 2.10. The third-order valence-corrected chi connectivity index (χ3v) is 4.42. The van der Waals surface area contributed by atoms with E-state index < -0.39 is 12.5 Å². The zero-order chi connectivity index (χ0) is 17.6. The van der Waals surface area contributed by atoms with Gasteiger partial charge in [0.15, 0.2) is 0 Å². The van der Waals surface area contributed by atoms with Crippen LogP contribution in [0.1, 0.15) is 42.5 Å². The van der Waals surface area contributed by atoms with Crippen molar-refractivity contribution in [1.29, 1.82) is 0 Å². The first-order valence-corrected chi connectivity index (χ1v) is 7.96. The molecule has 0 heterocycles. The van der Waals surface area contributed by atoms with Crippen molar-refractivity contribution in [3.63, 3.8) is 0 Å². The summed E-state index contributed by atoms with van der Waals surface area (Å²) >= 11 is 0. The van der Waals surface area contributed by atoms with Crippen LogP contribution in [0, 0.1) is 0 Å². The Hall–Kier alpha value is -1.89. The van der Waals surface area contributed by atoms with Gasteiger partial charge in [-0.25, -0.2) is 0 Å². The summed E-state index contributed by atoms with van der Waals surface area (Å²) in [5.41, 5.74) is -0.345. The highest BCUT2D eigenvalue weighted by Crippen LogP contribution is 2.31. The molecule has 1 aromatic carbocycles. The fourth-order valence-electron chi connectivity index (χ4n) is 3.00. The van der Waals surface area contributed by atoms with Gasteiger partial charge in [-0.1, -0.05) is 19.3 Å². The van der Waals surface area contributed by atoms with E-state index in [1.807, 2.05) is 0 Å². The van der Waals surface area contributed by atoms with E-state index in [-0.39, 0.29) is 16.9 Å². The molecule has 7 heteroatoms. The van der Waals surface area contributed by atoms with Gasteiger partial charge < -0.3 is 19.5 Å². The number of methoxy groups -OCH3 is 2. The number of amides is 1. The van der Waals surface area contributed by atoms with E-state index in [2.05, 4.69) is 10.1 Å². The molecule has 5 nitrogen and oxygen atoms in total. The summed E-state index contributed by atoms with van der Waals surface area (Å²) in [5.74, 6) is -0.352. The van der Waals surface area contributed by atoms with Crippen molar-refractivity contribution in [3.05, 3.63) is 23.8 Å². The highest BCUT2D eigenvalue weighted by Gasteiger charge is 2.32. The summed E-state index contributed by atoms with van der Waals surface area (Å²) < 4.78 is 40.2. The molecule has 0 atom stereocenters. The maximum atomic E-state index is 12.6. The first-order valence-electron chi connectivity index (χ1n) is 7.96. The number of carbonyl (C=O) groups excluding carboxylic acids is 1. The first kappa shape index (κ1) is 18.4. The van der Waals surface area contributed by atoms with Crippen LogP contribution in [0.15, 0.2) is 18.2 Å². The summed E-state index contributed by atoms with van der Waals surface area (Å²) in [6, 6.07) is 4.21. The number of hydrogen-bond donors (Lipinski definition) is 1. The van der Waals surface area contributed by atoms with Crippen LogP contribution in [0.5, 0.6) is 11.5 Å². The average Bonchev–Trinajstić information content (AvgIpc) is 2.60. The van der Waals surface area contributed by atoms with Crippen LogP contribution in [0.25, 0.3) is 0 Å². The topological polar surface area (TPSA) is 56.8 Å². The number of benzene rings is 1. The SMILES string of the molecule is COc1ccc(C(=O)NCC2(OC)CCCCC2)c(OC(F)F)c1. The van der Waals surface area contributed by atoms with Crippen LogP contribution in [-0.2, 0) is 4.74 Å². The lowest BCUT2D eigenvalue weighted by molar-refractivity contribution is -0.0504. The van der Waals surface area contributed by atoms with Gasteiger partial charge >= 0.3 is 6.61 Å². The predicted octanol–water partition coefficient (Wildman–Crippen LogP) is 3.38. The summed E-state index contributed by atoms with van der Waals surface area (Å²) in [7, 11) is 3.04. The number of alkyl halides is 2. The molecule has 1 aliphatic carbocycles. The van der Waals surface area contributed by atoms with E-state index in [0.29, 0.717) is 12.3 Å². The molecule has 1 amide bonds. The Morgan fingerprint density at radius 3 is 2.54 bits per heavy atom. The van der Waals surface area contributed by atoms with Crippen molar-refractivity contribution < 1.29 is 27.8 Å². The molecule has 0 saturated heterocycles. The Kier molecular flexibility index (Phi) is 6.36. The Bertz CT molecular complexity index is 560. The van der Waals surface area contributed by atoms with Crippen LogP contribution in [0.2, 0.25) is 0 Å². The largest absolute Gasteiger partial charge is 0.497 e. The maximum absolute atomic E-state index is 12.6. The van der Waals surface area contributed by atoms with Gasteiger partial charge in [0.1, 0.15) is 11.5 Å².